The van der Waals surface area contributed by atoms with Gasteiger partial charge in [-0.2, -0.15) is 11.8 Å². The van der Waals surface area contributed by atoms with Crippen molar-refractivity contribution in [3.05, 3.63) is 0 Å². The Morgan fingerprint density at radius 3 is 2.76 bits per heavy atom. The monoisotopic (exact) mass is 451 g/mol. The number of hydrogen-bond donors (Lipinski definition) is 2. The maximum atomic E-state index is 10.9. The molecule has 0 aromatic heterocycles. The molecule has 1 unspecified atom stereocenters. The Morgan fingerprint density at radius 2 is 2.19 bits per heavy atom. The molecule has 0 spiro atoms. The molecule has 0 radical (unpaired) electrons. The third-order valence-electron chi connectivity index (χ3n) is 2.86. The highest BCUT2D eigenvalue weighted by atomic mass is 127. The second kappa shape index (κ2) is 11.8. The first kappa shape index (κ1) is 21.3. The Labute approximate surface area is 149 Å². The van der Waals surface area contributed by atoms with E-state index < -0.39 is 9.84 Å². The summed E-state index contributed by atoms with van der Waals surface area (Å²) in [6, 6.07) is 0.478. The summed E-state index contributed by atoms with van der Waals surface area (Å²) in [5, 5.41) is 6.56. The molecule has 1 fully saturated rings. The van der Waals surface area contributed by atoms with E-state index in [-0.39, 0.29) is 36.3 Å². The number of sulfone groups is 1. The van der Waals surface area contributed by atoms with Gasteiger partial charge in [-0.15, -0.1) is 24.0 Å². The van der Waals surface area contributed by atoms with Crippen molar-refractivity contribution in [2.45, 2.75) is 18.9 Å². The molecule has 1 rings (SSSR count). The molecule has 1 aliphatic heterocycles. The lowest BCUT2D eigenvalue weighted by molar-refractivity contribution is 0.154. The molecule has 1 aliphatic rings. The molecule has 9 heteroatoms. The van der Waals surface area contributed by atoms with E-state index in [0.717, 1.165) is 11.7 Å². The second-order valence-electron chi connectivity index (χ2n) is 4.80. The number of halogens is 1. The van der Waals surface area contributed by atoms with Gasteiger partial charge in [-0.05, 0) is 18.6 Å². The molecule has 1 heterocycles. The van der Waals surface area contributed by atoms with Gasteiger partial charge in [0.2, 0.25) is 0 Å². The van der Waals surface area contributed by atoms with Crippen LogP contribution < -0.4 is 10.6 Å². The summed E-state index contributed by atoms with van der Waals surface area (Å²) in [4.78, 5) is 4.17. The Balaban J connectivity index is 0.00000400. The SMILES string of the molecule is CN=C(NCCOCCS(C)(=O)=O)NC1CCCSC1.I. The topological polar surface area (TPSA) is 79.8 Å². The van der Waals surface area contributed by atoms with Crippen molar-refractivity contribution < 1.29 is 13.2 Å². The van der Waals surface area contributed by atoms with Crippen molar-refractivity contribution in [1.82, 2.24) is 10.6 Å². The van der Waals surface area contributed by atoms with E-state index >= 15 is 0 Å². The number of thioether (sulfide) groups is 1. The van der Waals surface area contributed by atoms with E-state index in [1.165, 1.54) is 24.9 Å². The van der Waals surface area contributed by atoms with Gasteiger partial charge in [0.05, 0.1) is 19.0 Å². The number of nitrogens with one attached hydrogen (secondary N) is 2. The summed E-state index contributed by atoms with van der Waals surface area (Å²) in [5.41, 5.74) is 0. The van der Waals surface area contributed by atoms with Crippen LogP contribution in [0.1, 0.15) is 12.8 Å². The minimum absolute atomic E-state index is 0. The van der Waals surface area contributed by atoms with E-state index in [0.29, 0.717) is 19.2 Å². The zero-order valence-electron chi connectivity index (χ0n) is 12.6. The number of ether oxygens (including phenoxy) is 1. The Bertz CT molecular complexity index is 399. The first-order valence-electron chi connectivity index (χ1n) is 6.81. The highest BCUT2D eigenvalue weighted by molar-refractivity contribution is 14.0. The zero-order chi connectivity index (χ0) is 14.8. The van der Waals surface area contributed by atoms with Gasteiger partial charge in [0.1, 0.15) is 9.84 Å². The van der Waals surface area contributed by atoms with Gasteiger partial charge in [0.15, 0.2) is 5.96 Å². The van der Waals surface area contributed by atoms with Crippen molar-refractivity contribution in [1.29, 1.82) is 0 Å². The summed E-state index contributed by atoms with van der Waals surface area (Å²) < 4.78 is 27.1. The summed E-state index contributed by atoms with van der Waals surface area (Å²) in [5.74, 6) is 3.22. The second-order valence-corrected chi connectivity index (χ2v) is 8.21. The van der Waals surface area contributed by atoms with Crippen LogP contribution in [-0.2, 0) is 14.6 Å². The molecule has 0 aromatic rings. The predicted molar refractivity (Wildman–Crippen MR) is 101 cm³/mol. The third-order valence-corrected chi connectivity index (χ3v) is 4.99. The van der Waals surface area contributed by atoms with Crippen molar-refractivity contribution in [3.63, 3.8) is 0 Å². The summed E-state index contributed by atoms with van der Waals surface area (Å²) in [7, 11) is -1.19. The molecule has 2 N–H and O–H groups in total. The maximum Gasteiger partial charge on any atom is 0.191 e. The molecule has 21 heavy (non-hydrogen) atoms. The fourth-order valence-corrected chi connectivity index (χ4v) is 3.29. The predicted octanol–water partition coefficient (Wildman–Crippen LogP) is 0.726. The fraction of sp³-hybridized carbons (Fsp3) is 0.917. The molecule has 1 atom stereocenters. The average Bonchev–Trinajstić information content (AvgIpc) is 2.41. The third kappa shape index (κ3) is 11.5. The average molecular weight is 451 g/mol. The van der Waals surface area contributed by atoms with Gasteiger partial charge in [-0.1, -0.05) is 0 Å². The Morgan fingerprint density at radius 1 is 1.43 bits per heavy atom. The Kier molecular flexibility index (Phi) is 11.9. The van der Waals surface area contributed by atoms with Gasteiger partial charge in [0.25, 0.3) is 0 Å². The number of hydrogen-bond acceptors (Lipinski definition) is 5. The summed E-state index contributed by atoms with van der Waals surface area (Å²) in [6.45, 7) is 1.32. The van der Waals surface area contributed by atoms with Gasteiger partial charge in [-0.3, -0.25) is 4.99 Å². The van der Waals surface area contributed by atoms with E-state index in [1.807, 2.05) is 11.8 Å². The molecule has 0 amide bonds. The van der Waals surface area contributed by atoms with Gasteiger partial charge >= 0.3 is 0 Å². The highest BCUT2D eigenvalue weighted by Gasteiger charge is 2.14. The quantitative estimate of drug-likeness (QED) is 0.257. The molecule has 1 saturated heterocycles. The van der Waals surface area contributed by atoms with Crippen molar-refractivity contribution in [2.24, 2.45) is 4.99 Å². The van der Waals surface area contributed by atoms with Crippen LogP contribution in [0.2, 0.25) is 0 Å². The first-order chi connectivity index (χ1) is 9.51. The van der Waals surface area contributed by atoms with E-state index in [9.17, 15) is 8.42 Å². The number of guanidine groups is 1. The molecule has 0 aliphatic carbocycles. The minimum atomic E-state index is -2.94. The van der Waals surface area contributed by atoms with Gasteiger partial charge < -0.3 is 15.4 Å². The molecule has 126 valence electrons. The molecule has 0 aromatic carbocycles. The van der Waals surface area contributed by atoms with Crippen LogP contribution in [0.3, 0.4) is 0 Å². The van der Waals surface area contributed by atoms with Crippen LogP contribution in [-0.4, -0.2) is 70.7 Å². The fourth-order valence-electron chi connectivity index (χ4n) is 1.80. The van der Waals surface area contributed by atoms with E-state index in [1.54, 1.807) is 7.05 Å². The molecule has 0 bridgehead atoms. The first-order valence-corrected chi connectivity index (χ1v) is 10.0. The zero-order valence-corrected chi connectivity index (χ0v) is 16.6. The molecular formula is C12H26IN3O3S2. The maximum absolute atomic E-state index is 10.9. The van der Waals surface area contributed by atoms with E-state index in [2.05, 4.69) is 15.6 Å². The van der Waals surface area contributed by atoms with Crippen molar-refractivity contribution in [2.75, 3.05) is 50.3 Å². The molecule has 0 saturated carbocycles. The smallest absolute Gasteiger partial charge is 0.191 e. The van der Waals surface area contributed by atoms with E-state index in [4.69, 9.17) is 4.74 Å². The van der Waals surface area contributed by atoms with Gasteiger partial charge in [-0.25, -0.2) is 8.42 Å². The Hall–Kier alpha value is 0.260. The summed E-state index contributed by atoms with van der Waals surface area (Å²) >= 11 is 1.97. The largest absolute Gasteiger partial charge is 0.379 e. The van der Waals surface area contributed by atoms with Crippen molar-refractivity contribution >= 4 is 51.5 Å². The van der Waals surface area contributed by atoms with Crippen LogP contribution in [0, 0.1) is 0 Å². The number of nitrogens with zero attached hydrogens (tertiary/aromatic N) is 1. The van der Waals surface area contributed by atoms with Crippen LogP contribution in [0.4, 0.5) is 0 Å². The standard InChI is InChI=1S/C12H25N3O3S2.HI/c1-13-12(15-11-4-3-8-19-10-11)14-5-6-18-7-9-20(2,16)17;/h11H,3-10H2,1-2H3,(H2,13,14,15);1H. The van der Waals surface area contributed by atoms with Crippen LogP contribution >= 0.6 is 35.7 Å². The highest BCUT2D eigenvalue weighted by Crippen LogP contribution is 2.16. The lowest BCUT2D eigenvalue weighted by Gasteiger charge is -2.24. The van der Waals surface area contributed by atoms with Crippen molar-refractivity contribution in [3.8, 4) is 0 Å². The number of aliphatic imine (C=N–C) groups is 1. The lowest BCUT2D eigenvalue weighted by Crippen LogP contribution is -2.46. The molecule has 6 nitrogen and oxygen atoms in total. The van der Waals surface area contributed by atoms with Crippen LogP contribution in [0.25, 0.3) is 0 Å². The van der Waals surface area contributed by atoms with Crippen LogP contribution in [0.15, 0.2) is 4.99 Å². The minimum Gasteiger partial charge on any atom is -0.379 e. The lowest BCUT2D eigenvalue weighted by atomic mass is 10.2. The molecular weight excluding hydrogens is 425 g/mol. The normalized spacial score (nSPS) is 19.7. The van der Waals surface area contributed by atoms with Gasteiger partial charge in [0, 0.05) is 31.6 Å². The number of rotatable bonds is 7. The summed E-state index contributed by atoms with van der Waals surface area (Å²) in [6.07, 6.45) is 3.63. The van der Waals surface area contributed by atoms with Crippen LogP contribution in [0.5, 0.6) is 0 Å².